The van der Waals surface area contributed by atoms with Gasteiger partial charge in [-0.1, -0.05) is 0 Å². The maximum absolute atomic E-state index is 4.30. The first-order valence-corrected chi connectivity index (χ1v) is 6.75. The van der Waals surface area contributed by atoms with Crippen molar-refractivity contribution in [3.8, 4) is 0 Å². The van der Waals surface area contributed by atoms with E-state index >= 15 is 0 Å². The molecule has 1 atom stereocenters. The molecule has 0 saturated heterocycles. The maximum Gasteiger partial charge on any atom is 0.0951 e. The Morgan fingerprint density at radius 3 is 2.80 bits per heavy atom. The van der Waals surface area contributed by atoms with Crippen LogP contribution in [0.4, 0.5) is 0 Å². The zero-order valence-electron chi connectivity index (χ0n) is 10.1. The molecule has 0 saturated carbocycles. The number of nitrogens with one attached hydrogen (secondary N) is 1. The number of hydrogen-bond donors (Lipinski definition) is 1. The van der Waals surface area contributed by atoms with Crippen molar-refractivity contribution < 1.29 is 0 Å². The molecule has 0 aromatic carbocycles. The van der Waals surface area contributed by atoms with E-state index < -0.39 is 0 Å². The molecular weight excluding hydrogens is 206 g/mol. The van der Waals surface area contributed by atoms with E-state index in [-0.39, 0.29) is 0 Å². The minimum absolute atomic E-state index is 0.504. The van der Waals surface area contributed by atoms with Gasteiger partial charge in [0.05, 0.1) is 12.0 Å². The zero-order chi connectivity index (χ0) is 11.3. The van der Waals surface area contributed by atoms with Crippen molar-refractivity contribution in [2.75, 3.05) is 18.6 Å². The molecule has 3 nitrogen and oxygen atoms in total. The van der Waals surface area contributed by atoms with Crippen LogP contribution in [0.25, 0.3) is 0 Å². The van der Waals surface area contributed by atoms with Crippen molar-refractivity contribution in [2.45, 2.75) is 33.4 Å². The lowest BCUT2D eigenvalue weighted by Crippen LogP contribution is -2.32. The van der Waals surface area contributed by atoms with Gasteiger partial charge in [-0.25, -0.2) is 4.98 Å². The fourth-order valence-corrected chi connectivity index (χ4v) is 1.82. The highest BCUT2D eigenvalue weighted by Crippen LogP contribution is 2.05. The van der Waals surface area contributed by atoms with E-state index in [1.165, 1.54) is 11.4 Å². The first-order valence-electron chi connectivity index (χ1n) is 5.35. The lowest BCUT2D eigenvalue weighted by Gasteiger charge is -2.15. The molecule has 4 heteroatoms. The molecule has 0 amide bonds. The number of rotatable bonds is 6. The van der Waals surface area contributed by atoms with Crippen molar-refractivity contribution in [1.29, 1.82) is 0 Å². The first-order chi connectivity index (χ1) is 7.15. The second-order valence-corrected chi connectivity index (χ2v) is 4.90. The van der Waals surface area contributed by atoms with Gasteiger partial charge in [-0.3, -0.25) is 0 Å². The summed E-state index contributed by atoms with van der Waals surface area (Å²) in [7, 11) is 0. The van der Waals surface area contributed by atoms with Crippen molar-refractivity contribution in [3.05, 3.63) is 17.7 Å². The Morgan fingerprint density at radius 1 is 1.53 bits per heavy atom. The number of imidazole rings is 1. The average Bonchev–Trinajstić information content (AvgIpc) is 2.50. The van der Waals surface area contributed by atoms with Crippen LogP contribution in [-0.4, -0.2) is 34.1 Å². The fourth-order valence-electron chi connectivity index (χ4n) is 1.50. The van der Waals surface area contributed by atoms with Crippen LogP contribution < -0.4 is 5.32 Å². The summed E-state index contributed by atoms with van der Waals surface area (Å²) in [6.07, 6.45) is 4.06. The van der Waals surface area contributed by atoms with Gasteiger partial charge < -0.3 is 9.88 Å². The molecule has 0 aliphatic rings. The molecule has 0 radical (unpaired) electrons. The first kappa shape index (κ1) is 12.6. The van der Waals surface area contributed by atoms with Gasteiger partial charge in [0, 0.05) is 30.6 Å². The topological polar surface area (TPSA) is 29.9 Å². The molecule has 0 aliphatic heterocycles. The number of hydrogen-bond acceptors (Lipinski definition) is 3. The molecule has 1 aromatic rings. The molecule has 1 rings (SSSR count). The third-order valence-corrected chi connectivity index (χ3v) is 3.23. The number of nitrogens with zero attached hydrogens (tertiary/aromatic N) is 2. The summed E-state index contributed by atoms with van der Waals surface area (Å²) in [5, 5.41) is 3.50. The predicted molar refractivity (Wildman–Crippen MR) is 67.5 cm³/mol. The predicted octanol–water partition coefficient (Wildman–Crippen LogP) is 1.84. The molecule has 15 heavy (non-hydrogen) atoms. The highest BCUT2D eigenvalue weighted by atomic mass is 32.2. The van der Waals surface area contributed by atoms with Crippen LogP contribution in [0.5, 0.6) is 0 Å². The lowest BCUT2D eigenvalue weighted by atomic mass is 10.3. The van der Waals surface area contributed by atoms with E-state index in [9.17, 15) is 0 Å². The Labute approximate surface area is 96.7 Å². The minimum Gasteiger partial charge on any atom is -0.333 e. The van der Waals surface area contributed by atoms with Gasteiger partial charge in [0.25, 0.3) is 0 Å². The number of thioether (sulfide) groups is 1. The monoisotopic (exact) mass is 227 g/mol. The lowest BCUT2D eigenvalue weighted by molar-refractivity contribution is 0.485. The van der Waals surface area contributed by atoms with Crippen LogP contribution in [0.3, 0.4) is 0 Å². The molecule has 86 valence electrons. The third kappa shape index (κ3) is 3.87. The van der Waals surface area contributed by atoms with Crippen molar-refractivity contribution >= 4 is 11.8 Å². The standard InChI is InChI=1S/C11H21N3S/c1-9(12-5-6-15-4)7-14-8-13-10(2)11(14)3/h8-9,12H,5-7H2,1-4H3. The van der Waals surface area contributed by atoms with Gasteiger partial charge in [0.2, 0.25) is 0 Å². The zero-order valence-corrected chi connectivity index (χ0v) is 10.9. The molecule has 0 aliphatic carbocycles. The van der Waals surface area contributed by atoms with Gasteiger partial charge in [0.15, 0.2) is 0 Å². The molecule has 1 aromatic heterocycles. The summed E-state index contributed by atoms with van der Waals surface area (Å²) >= 11 is 1.88. The SMILES string of the molecule is CSCCNC(C)Cn1cnc(C)c1C. The van der Waals surface area contributed by atoms with Crippen LogP contribution in [0.1, 0.15) is 18.3 Å². The minimum atomic E-state index is 0.504. The molecule has 0 spiro atoms. The van der Waals surface area contributed by atoms with E-state index in [0.29, 0.717) is 6.04 Å². The summed E-state index contributed by atoms with van der Waals surface area (Å²) in [6, 6.07) is 0.504. The summed E-state index contributed by atoms with van der Waals surface area (Å²) in [5.41, 5.74) is 2.40. The largest absolute Gasteiger partial charge is 0.333 e. The van der Waals surface area contributed by atoms with Gasteiger partial charge in [-0.2, -0.15) is 11.8 Å². The van der Waals surface area contributed by atoms with Gasteiger partial charge >= 0.3 is 0 Å². The quantitative estimate of drug-likeness (QED) is 0.752. The van der Waals surface area contributed by atoms with E-state index in [4.69, 9.17) is 0 Å². The highest BCUT2D eigenvalue weighted by Gasteiger charge is 2.05. The van der Waals surface area contributed by atoms with E-state index in [1.807, 2.05) is 18.1 Å². The third-order valence-electron chi connectivity index (χ3n) is 2.61. The van der Waals surface area contributed by atoms with Crippen LogP contribution in [-0.2, 0) is 6.54 Å². The summed E-state index contributed by atoms with van der Waals surface area (Å²) in [6.45, 7) is 8.47. The normalized spacial score (nSPS) is 13.1. The second-order valence-electron chi connectivity index (χ2n) is 3.92. The number of aryl methyl sites for hydroxylation is 1. The van der Waals surface area contributed by atoms with Gasteiger partial charge in [-0.05, 0) is 27.0 Å². The molecule has 1 unspecified atom stereocenters. The summed E-state index contributed by atoms with van der Waals surface area (Å²) in [4.78, 5) is 4.30. The van der Waals surface area contributed by atoms with Gasteiger partial charge in [-0.15, -0.1) is 0 Å². The second kappa shape index (κ2) is 6.18. The average molecular weight is 227 g/mol. The molecule has 1 heterocycles. The molecular formula is C11H21N3S. The van der Waals surface area contributed by atoms with Crippen LogP contribution in [0.15, 0.2) is 6.33 Å². The van der Waals surface area contributed by atoms with Crippen molar-refractivity contribution in [1.82, 2.24) is 14.9 Å². The summed E-state index contributed by atoms with van der Waals surface area (Å²) in [5.74, 6) is 1.17. The Bertz CT molecular complexity index is 296. The maximum atomic E-state index is 4.30. The van der Waals surface area contributed by atoms with Crippen molar-refractivity contribution in [3.63, 3.8) is 0 Å². The molecule has 0 fully saturated rings. The van der Waals surface area contributed by atoms with E-state index in [2.05, 4.69) is 41.9 Å². The fraction of sp³-hybridized carbons (Fsp3) is 0.727. The van der Waals surface area contributed by atoms with E-state index in [0.717, 1.165) is 18.8 Å². The summed E-state index contributed by atoms with van der Waals surface area (Å²) < 4.78 is 2.21. The Balaban J connectivity index is 2.37. The smallest absolute Gasteiger partial charge is 0.0951 e. The number of aromatic nitrogens is 2. The highest BCUT2D eigenvalue weighted by molar-refractivity contribution is 7.98. The van der Waals surface area contributed by atoms with Crippen molar-refractivity contribution in [2.24, 2.45) is 0 Å². The van der Waals surface area contributed by atoms with Gasteiger partial charge in [0.1, 0.15) is 0 Å². The van der Waals surface area contributed by atoms with Crippen LogP contribution in [0.2, 0.25) is 0 Å². The Morgan fingerprint density at radius 2 is 2.27 bits per heavy atom. The molecule has 0 bridgehead atoms. The van der Waals surface area contributed by atoms with Crippen LogP contribution in [0, 0.1) is 13.8 Å². The van der Waals surface area contributed by atoms with E-state index in [1.54, 1.807) is 0 Å². The Hall–Kier alpha value is -0.480. The molecule has 1 N–H and O–H groups in total. The van der Waals surface area contributed by atoms with Crippen LogP contribution >= 0.6 is 11.8 Å². The Kier molecular flexibility index (Phi) is 5.19.